The summed E-state index contributed by atoms with van der Waals surface area (Å²) in [6, 6.07) is -0.630. The van der Waals surface area contributed by atoms with E-state index in [1.807, 2.05) is 6.08 Å². The van der Waals surface area contributed by atoms with E-state index in [9.17, 15) is 19.8 Å². The van der Waals surface area contributed by atoms with Crippen LogP contribution in [0.4, 0.5) is 0 Å². The number of carbonyl (C=O) groups is 2. The minimum atomic E-state index is -0.845. The molecule has 0 aromatic rings. The van der Waals surface area contributed by atoms with Crippen molar-refractivity contribution in [1.82, 2.24) is 5.32 Å². The first-order valence-corrected chi connectivity index (χ1v) is 27.1. The molecule has 0 saturated heterocycles. The van der Waals surface area contributed by atoms with Crippen molar-refractivity contribution in [3.8, 4) is 0 Å². The van der Waals surface area contributed by atoms with Gasteiger partial charge >= 0.3 is 5.97 Å². The summed E-state index contributed by atoms with van der Waals surface area (Å²) in [7, 11) is 0. The van der Waals surface area contributed by atoms with Crippen LogP contribution in [0.5, 0.6) is 0 Å². The molecule has 2 atom stereocenters. The summed E-state index contributed by atoms with van der Waals surface area (Å²) in [5.41, 5.74) is 0. The van der Waals surface area contributed by atoms with Crippen LogP contribution in [-0.2, 0) is 14.3 Å². The quantitative estimate of drug-likeness (QED) is 0.0322. The molecule has 0 aromatic heterocycles. The number of ether oxygens (including phenoxy) is 1. The molecule has 0 aliphatic heterocycles. The molecule has 0 aliphatic carbocycles. The molecule has 3 N–H and O–H groups in total. The number of rotatable bonds is 50. The second kappa shape index (κ2) is 51.0. The van der Waals surface area contributed by atoms with E-state index < -0.39 is 12.1 Å². The van der Waals surface area contributed by atoms with Crippen molar-refractivity contribution in [2.75, 3.05) is 13.2 Å². The summed E-state index contributed by atoms with van der Waals surface area (Å²) in [6.07, 6.45) is 60.6. The van der Waals surface area contributed by atoms with E-state index in [0.717, 1.165) is 44.9 Å². The lowest BCUT2D eigenvalue weighted by molar-refractivity contribution is -0.143. The zero-order valence-corrected chi connectivity index (χ0v) is 40.9. The number of carbonyl (C=O) groups excluding carboxylic acids is 2. The summed E-state index contributed by atoms with van der Waals surface area (Å²) in [5.74, 6) is -0.0659. The first-order chi connectivity index (χ1) is 30.0. The maximum atomic E-state index is 12.4. The third-order valence-corrected chi connectivity index (χ3v) is 12.5. The van der Waals surface area contributed by atoms with Crippen molar-refractivity contribution in [2.24, 2.45) is 0 Å². The second-order valence-corrected chi connectivity index (χ2v) is 18.6. The summed E-state index contributed by atoms with van der Waals surface area (Å²) in [4.78, 5) is 24.4. The highest BCUT2D eigenvalue weighted by atomic mass is 16.5. The average molecular weight is 860 g/mol. The SMILES string of the molecule is CCCCCCCCCC/C=C/C(O)C(CO)NC(=O)CCCCCCCCC/C=C\CCCCCCCCCCCCCCOC(=O)CCCCCCCCCCCCC. The normalized spacial score (nSPS) is 12.8. The van der Waals surface area contributed by atoms with Crippen molar-refractivity contribution in [3.63, 3.8) is 0 Å². The van der Waals surface area contributed by atoms with Crippen LogP contribution in [0, 0.1) is 0 Å². The van der Waals surface area contributed by atoms with Crippen LogP contribution in [-0.4, -0.2) is 47.4 Å². The molecule has 0 aliphatic rings. The van der Waals surface area contributed by atoms with Crippen molar-refractivity contribution >= 4 is 11.9 Å². The smallest absolute Gasteiger partial charge is 0.305 e. The zero-order chi connectivity index (χ0) is 44.4. The first kappa shape index (κ1) is 59.3. The highest BCUT2D eigenvalue weighted by Crippen LogP contribution is 2.16. The van der Waals surface area contributed by atoms with Gasteiger partial charge < -0.3 is 20.3 Å². The predicted molar refractivity (Wildman–Crippen MR) is 264 cm³/mol. The van der Waals surface area contributed by atoms with E-state index in [0.29, 0.717) is 19.4 Å². The second-order valence-electron chi connectivity index (χ2n) is 18.6. The third-order valence-electron chi connectivity index (χ3n) is 12.5. The maximum absolute atomic E-state index is 12.4. The van der Waals surface area contributed by atoms with Crippen molar-refractivity contribution in [1.29, 1.82) is 0 Å². The molecule has 0 fully saturated rings. The van der Waals surface area contributed by atoms with E-state index in [1.54, 1.807) is 6.08 Å². The van der Waals surface area contributed by atoms with E-state index in [4.69, 9.17) is 4.74 Å². The van der Waals surface area contributed by atoms with Crippen LogP contribution in [0.15, 0.2) is 24.3 Å². The van der Waals surface area contributed by atoms with E-state index >= 15 is 0 Å². The molecule has 0 bridgehead atoms. The largest absolute Gasteiger partial charge is 0.466 e. The molecular formula is C55H105NO5. The fourth-order valence-corrected chi connectivity index (χ4v) is 8.27. The van der Waals surface area contributed by atoms with Gasteiger partial charge in [0.2, 0.25) is 5.91 Å². The molecule has 6 heteroatoms. The van der Waals surface area contributed by atoms with Gasteiger partial charge in [0.25, 0.3) is 0 Å². The van der Waals surface area contributed by atoms with Crippen LogP contribution in [0.25, 0.3) is 0 Å². The van der Waals surface area contributed by atoms with Crippen LogP contribution in [0.2, 0.25) is 0 Å². The minimum absolute atomic E-state index is 0.0103. The molecule has 61 heavy (non-hydrogen) atoms. The highest BCUT2D eigenvalue weighted by molar-refractivity contribution is 5.76. The van der Waals surface area contributed by atoms with E-state index in [2.05, 4.69) is 31.3 Å². The number of aliphatic hydroxyl groups excluding tert-OH is 2. The van der Waals surface area contributed by atoms with Gasteiger partial charge in [-0.3, -0.25) is 9.59 Å². The Balaban J connectivity index is 3.41. The number of unbranched alkanes of at least 4 members (excludes halogenated alkanes) is 37. The Bertz CT molecular complexity index is 951. The van der Waals surface area contributed by atoms with Gasteiger partial charge in [-0.2, -0.15) is 0 Å². The fraction of sp³-hybridized carbons (Fsp3) is 0.891. The van der Waals surface area contributed by atoms with Crippen molar-refractivity contribution in [2.45, 2.75) is 302 Å². The Morgan fingerprint density at radius 2 is 0.770 bits per heavy atom. The lowest BCUT2D eigenvalue weighted by Crippen LogP contribution is -2.45. The Morgan fingerprint density at radius 3 is 1.16 bits per heavy atom. The van der Waals surface area contributed by atoms with Gasteiger partial charge in [0.05, 0.1) is 25.4 Å². The summed E-state index contributed by atoms with van der Waals surface area (Å²) >= 11 is 0. The van der Waals surface area contributed by atoms with Gasteiger partial charge in [-0.1, -0.05) is 244 Å². The molecular weight excluding hydrogens is 755 g/mol. The highest BCUT2D eigenvalue weighted by Gasteiger charge is 2.18. The monoisotopic (exact) mass is 860 g/mol. The zero-order valence-electron chi connectivity index (χ0n) is 40.9. The molecule has 2 unspecified atom stereocenters. The Labute approximate surface area is 380 Å². The lowest BCUT2D eigenvalue weighted by Gasteiger charge is -2.20. The molecule has 360 valence electrons. The van der Waals surface area contributed by atoms with Crippen LogP contribution >= 0.6 is 0 Å². The fourth-order valence-electron chi connectivity index (χ4n) is 8.27. The number of amides is 1. The molecule has 0 heterocycles. The molecule has 0 spiro atoms. The average Bonchev–Trinajstić information content (AvgIpc) is 3.26. The van der Waals surface area contributed by atoms with E-state index in [-0.39, 0.29) is 18.5 Å². The number of allylic oxidation sites excluding steroid dienone is 3. The summed E-state index contributed by atoms with van der Waals surface area (Å²) in [6.45, 7) is 4.88. The number of nitrogens with one attached hydrogen (secondary N) is 1. The van der Waals surface area contributed by atoms with Crippen LogP contribution < -0.4 is 5.32 Å². The van der Waals surface area contributed by atoms with Crippen LogP contribution in [0.3, 0.4) is 0 Å². The Morgan fingerprint density at radius 1 is 0.443 bits per heavy atom. The molecule has 0 aromatic carbocycles. The lowest BCUT2D eigenvalue weighted by atomic mass is 10.0. The molecule has 6 nitrogen and oxygen atoms in total. The van der Waals surface area contributed by atoms with Gasteiger partial charge in [-0.05, 0) is 57.8 Å². The number of hydrogen-bond acceptors (Lipinski definition) is 5. The number of esters is 1. The van der Waals surface area contributed by atoms with Crippen molar-refractivity contribution < 1.29 is 24.5 Å². The van der Waals surface area contributed by atoms with Gasteiger partial charge in [-0.25, -0.2) is 0 Å². The molecule has 0 rings (SSSR count). The van der Waals surface area contributed by atoms with E-state index in [1.165, 1.54) is 218 Å². The number of hydrogen-bond donors (Lipinski definition) is 3. The Hall–Kier alpha value is -1.66. The maximum Gasteiger partial charge on any atom is 0.305 e. The van der Waals surface area contributed by atoms with Gasteiger partial charge in [0.15, 0.2) is 0 Å². The van der Waals surface area contributed by atoms with Gasteiger partial charge in [-0.15, -0.1) is 0 Å². The van der Waals surface area contributed by atoms with Crippen molar-refractivity contribution in [3.05, 3.63) is 24.3 Å². The predicted octanol–water partition coefficient (Wildman–Crippen LogP) is 16.3. The van der Waals surface area contributed by atoms with Gasteiger partial charge in [0, 0.05) is 12.8 Å². The van der Waals surface area contributed by atoms with Gasteiger partial charge in [0.1, 0.15) is 0 Å². The number of aliphatic hydroxyl groups is 2. The topological polar surface area (TPSA) is 95.9 Å². The first-order valence-electron chi connectivity index (χ1n) is 27.1. The summed E-state index contributed by atoms with van der Waals surface area (Å²) < 4.78 is 5.46. The summed E-state index contributed by atoms with van der Waals surface area (Å²) in [5, 5.41) is 22.9. The molecule has 1 amide bonds. The molecule has 0 radical (unpaired) electrons. The van der Waals surface area contributed by atoms with Crippen LogP contribution in [0.1, 0.15) is 290 Å². The molecule has 0 saturated carbocycles. The third kappa shape index (κ3) is 47.7. The minimum Gasteiger partial charge on any atom is -0.466 e. The standard InChI is InChI=1S/C55H105NO5/c1-3-5-7-9-11-13-28-33-37-41-45-49-55(60)61-50-46-42-38-34-30-27-25-23-21-19-17-15-16-18-20-22-24-26-29-32-36-40-44-48-54(59)56-52(51-57)53(58)47-43-39-35-31-14-12-10-8-6-4-2/h18,20,43,47,52-53,57-58H,3-17,19,21-42,44-46,48-51H2,1-2H3,(H,56,59)/b20-18-,47-43+. The Kier molecular flexibility index (Phi) is 49.6.